The van der Waals surface area contributed by atoms with Gasteiger partial charge in [0.25, 0.3) is 11.8 Å². The van der Waals surface area contributed by atoms with Gasteiger partial charge < -0.3 is 21.3 Å². The van der Waals surface area contributed by atoms with Gasteiger partial charge in [-0.1, -0.05) is 41.5 Å². The fraction of sp³-hybridized carbons (Fsp3) is 0.889. The van der Waals surface area contributed by atoms with Gasteiger partial charge in [-0.05, 0) is 20.8 Å². The van der Waals surface area contributed by atoms with Crippen molar-refractivity contribution >= 4 is 21.1 Å². The number of rotatable bonds is 4. The summed E-state index contributed by atoms with van der Waals surface area (Å²) in [5, 5.41) is 12.5. The van der Waals surface area contributed by atoms with Crippen molar-refractivity contribution in [2.24, 2.45) is 21.0 Å². The van der Waals surface area contributed by atoms with Gasteiger partial charge in [0.2, 0.25) is 0 Å². The van der Waals surface area contributed by atoms with Crippen LogP contribution in [0.2, 0.25) is 5.04 Å². The standard InChI is InChI=1S/C18H39N4O2Si.ClH/c1-16(2,3)14(19-21(10)11)23-25(18(7,8)9)24-15(17(4,5)6)20-22(12)13;/h1-13H3;1H/q+1;/p-1/b19-14-,20-15-;. The van der Waals surface area contributed by atoms with Crippen LogP contribution in [0.25, 0.3) is 0 Å². The highest BCUT2D eigenvalue weighted by molar-refractivity contribution is 6.52. The lowest BCUT2D eigenvalue weighted by Gasteiger charge is -2.25. The first-order valence-electron chi connectivity index (χ1n) is 8.70. The first-order valence-corrected chi connectivity index (χ1v) is 10.0. The maximum Gasteiger partial charge on any atom is 0.788 e. The van der Waals surface area contributed by atoms with Crippen molar-refractivity contribution in [2.75, 3.05) is 28.2 Å². The smallest absolute Gasteiger partial charge is 0.788 e. The van der Waals surface area contributed by atoms with Crippen LogP contribution in [0.15, 0.2) is 10.2 Å². The first-order chi connectivity index (χ1) is 10.9. The molecule has 0 aliphatic heterocycles. The Morgan fingerprint density at radius 2 is 0.923 bits per heavy atom. The molecule has 0 aromatic heterocycles. The normalized spacial score (nSPS) is 13.7. The summed E-state index contributed by atoms with van der Waals surface area (Å²) in [5.74, 6) is 1.36. The zero-order valence-electron chi connectivity index (χ0n) is 19.0. The first kappa shape index (κ1) is 27.3. The maximum absolute atomic E-state index is 6.39. The van der Waals surface area contributed by atoms with Crippen molar-refractivity contribution in [3.05, 3.63) is 0 Å². The molecule has 0 unspecified atom stereocenters. The molecule has 0 aliphatic rings. The van der Waals surface area contributed by atoms with Crippen LogP contribution in [0.1, 0.15) is 62.3 Å². The van der Waals surface area contributed by atoms with E-state index in [1.807, 2.05) is 28.2 Å². The van der Waals surface area contributed by atoms with Crippen molar-refractivity contribution in [3.63, 3.8) is 0 Å². The van der Waals surface area contributed by atoms with Crippen LogP contribution in [0.3, 0.4) is 0 Å². The second-order valence-corrected chi connectivity index (χ2v) is 12.2. The Morgan fingerprint density at radius 1 is 0.654 bits per heavy atom. The number of halogens is 1. The van der Waals surface area contributed by atoms with Crippen LogP contribution < -0.4 is 12.4 Å². The molecule has 0 radical (unpaired) electrons. The molecule has 0 rings (SSSR count). The number of hydrogen-bond donors (Lipinski definition) is 0. The Hall–Kier alpha value is -0.953. The summed E-state index contributed by atoms with van der Waals surface area (Å²) in [6.45, 7) is 19.0. The molecule has 0 aromatic carbocycles. The van der Waals surface area contributed by atoms with Gasteiger partial charge in [0.1, 0.15) is 5.04 Å². The van der Waals surface area contributed by atoms with Crippen molar-refractivity contribution < 1.29 is 21.3 Å². The Kier molecular flexibility index (Phi) is 10.3. The number of hydrazone groups is 2. The van der Waals surface area contributed by atoms with E-state index in [9.17, 15) is 0 Å². The van der Waals surface area contributed by atoms with Gasteiger partial charge in [-0.15, -0.1) is 10.2 Å². The van der Waals surface area contributed by atoms with E-state index in [1.54, 1.807) is 10.0 Å². The van der Waals surface area contributed by atoms with Crippen molar-refractivity contribution in [3.8, 4) is 0 Å². The highest BCUT2D eigenvalue weighted by Gasteiger charge is 2.56. The van der Waals surface area contributed by atoms with E-state index in [4.69, 9.17) is 8.85 Å². The van der Waals surface area contributed by atoms with Crippen molar-refractivity contribution in [1.82, 2.24) is 10.0 Å². The summed E-state index contributed by atoms with van der Waals surface area (Å²) in [6, 6.07) is 0. The van der Waals surface area contributed by atoms with E-state index in [2.05, 4.69) is 72.5 Å². The maximum atomic E-state index is 6.39. The zero-order valence-corrected chi connectivity index (χ0v) is 20.7. The molecule has 154 valence electrons. The molecule has 0 aliphatic carbocycles. The molecule has 0 saturated heterocycles. The monoisotopic (exact) mass is 406 g/mol. The summed E-state index contributed by atoms with van der Waals surface area (Å²) in [7, 11) is 5.86. The van der Waals surface area contributed by atoms with E-state index in [-0.39, 0.29) is 28.3 Å². The third-order valence-corrected chi connectivity index (χ3v) is 4.84. The molecule has 0 aromatic rings. The lowest BCUT2D eigenvalue weighted by Crippen LogP contribution is -3.00. The SMILES string of the molecule is CN(C)/N=C(\O[Si+](O/C(=N\N(C)C)C(C)(C)C)C(C)(C)C)C(C)(C)C.[Cl-]. The fourth-order valence-electron chi connectivity index (χ4n) is 1.51. The van der Waals surface area contributed by atoms with Gasteiger partial charge in [-0.25, -0.2) is 0 Å². The zero-order chi connectivity index (χ0) is 20.2. The minimum Gasteiger partial charge on any atom is -1.00 e. The topological polar surface area (TPSA) is 49.7 Å². The number of hydrogen-bond acceptors (Lipinski definition) is 6. The second kappa shape index (κ2) is 9.83. The largest absolute Gasteiger partial charge is 1.00 e. The quantitative estimate of drug-likeness (QED) is 0.304. The minimum absolute atomic E-state index is 0. The summed E-state index contributed by atoms with van der Waals surface area (Å²) in [4.78, 5) is 0. The highest BCUT2D eigenvalue weighted by Crippen LogP contribution is 2.33. The second-order valence-electron chi connectivity index (χ2n) is 9.75. The Labute approximate surface area is 169 Å². The molecule has 8 heteroatoms. The molecule has 0 spiro atoms. The molecule has 6 nitrogen and oxygen atoms in total. The molecule has 26 heavy (non-hydrogen) atoms. The van der Waals surface area contributed by atoms with E-state index >= 15 is 0 Å². The van der Waals surface area contributed by atoms with Gasteiger partial charge in [0, 0.05) is 39.0 Å². The molecule has 0 N–H and O–H groups in total. The fourth-order valence-corrected chi connectivity index (χ4v) is 3.21. The highest BCUT2D eigenvalue weighted by atomic mass is 35.5. The Balaban J connectivity index is 0. The molecule has 0 fully saturated rings. The van der Waals surface area contributed by atoms with E-state index < -0.39 is 9.28 Å². The van der Waals surface area contributed by atoms with Crippen LogP contribution >= 0.6 is 0 Å². The van der Waals surface area contributed by atoms with Gasteiger partial charge in [0.15, 0.2) is 0 Å². The molecular formula is C18H39ClN4O2Si. The molecule has 0 saturated carbocycles. The summed E-state index contributed by atoms with van der Waals surface area (Å²) in [6.07, 6.45) is 0. The van der Waals surface area contributed by atoms with Gasteiger partial charge in [-0.3, -0.25) is 10.0 Å². The molecule has 0 heterocycles. The average Bonchev–Trinajstić information content (AvgIpc) is 2.30. The predicted octanol–water partition coefficient (Wildman–Crippen LogP) is 1.15. The summed E-state index contributed by atoms with van der Waals surface area (Å²) >= 11 is 0. The van der Waals surface area contributed by atoms with Crippen molar-refractivity contribution in [1.29, 1.82) is 0 Å². The van der Waals surface area contributed by atoms with E-state index in [0.29, 0.717) is 11.8 Å². The third kappa shape index (κ3) is 10.3. The van der Waals surface area contributed by atoms with Crippen LogP contribution in [0.5, 0.6) is 0 Å². The predicted molar refractivity (Wildman–Crippen MR) is 109 cm³/mol. The Bertz CT molecular complexity index is 449. The third-order valence-electron chi connectivity index (χ3n) is 2.86. The Morgan fingerprint density at radius 3 is 1.08 bits per heavy atom. The molecular weight excluding hydrogens is 368 g/mol. The molecule has 0 bridgehead atoms. The van der Waals surface area contributed by atoms with Crippen LogP contribution in [-0.2, 0) is 8.85 Å². The van der Waals surface area contributed by atoms with Crippen molar-refractivity contribution in [2.45, 2.75) is 67.4 Å². The minimum atomic E-state index is -1.73. The van der Waals surface area contributed by atoms with Crippen LogP contribution in [-0.4, -0.2) is 59.3 Å². The van der Waals surface area contributed by atoms with Crippen LogP contribution in [0.4, 0.5) is 0 Å². The van der Waals surface area contributed by atoms with Gasteiger partial charge in [0.05, 0.1) is 0 Å². The molecule has 0 amide bonds. The lowest BCUT2D eigenvalue weighted by molar-refractivity contribution is -0.00000803. The van der Waals surface area contributed by atoms with Gasteiger partial charge in [-0.2, -0.15) is 0 Å². The summed E-state index contributed by atoms with van der Waals surface area (Å²) < 4.78 is 12.8. The average molecular weight is 407 g/mol. The number of nitrogens with zero attached hydrogens (tertiary/aromatic N) is 4. The van der Waals surface area contributed by atoms with Crippen LogP contribution in [0, 0.1) is 10.8 Å². The van der Waals surface area contributed by atoms with E-state index in [1.165, 1.54) is 0 Å². The molecule has 0 atom stereocenters. The lowest BCUT2D eigenvalue weighted by atomic mass is 9.97. The summed E-state index contributed by atoms with van der Waals surface area (Å²) in [5.41, 5.74) is -0.426. The van der Waals surface area contributed by atoms with E-state index in [0.717, 1.165) is 0 Å². The van der Waals surface area contributed by atoms with Gasteiger partial charge >= 0.3 is 9.28 Å².